The number of nitrogens with zero attached hydrogens (tertiary/aromatic N) is 6. The van der Waals surface area contributed by atoms with Crippen LogP contribution in [0, 0.1) is 6.92 Å². The Kier molecular flexibility index (Phi) is 4.26. The van der Waals surface area contributed by atoms with Crippen LogP contribution in [0.15, 0.2) is 12.3 Å². The third kappa shape index (κ3) is 3.16. The van der Waals surface area contributed by atoms with Crippen LogP contribution in [0.4, 0.5) is 0 Å². The second kappa shape index (κ2) is 6.57. The largest absolute Gasteiger partial charge is 0.381 e. The first-order valence-corrected chi connectivity index (χ1v) is 8.67. The van der Waals surface area contributed by atoms with Gasteiger partial charge in [-0.05, 0) is 19.8 Å². The Labute approximate surface area is 145 Å². The Bertz CT molecular complexity index is 756. The van der Waals surface area contributed by atoms with Gasteiger partial charge in [0.2, 0.25) is 0 Å². The number of aryl methyl sites for hydroxylation is 1. The molecule has 25 heavy (non-hydrogen) atoms. The Balaban J connectivity index is 1.37. The van der Waals surface area contributed by atoms with Crippen molar-refractivity contribution in [3.05, 3.63) is 23.7 Å². The van der Waals surface area contributed by atoms with Gasteiger partial charge in [-0.25, -0.2) is 0 Å². The van der Waals surface area contributed by atoms with Gasteiger partial charge >= 0.3 is 0 Å². The molecule has 4 rings (SSSR count). The fourth-order valence-corrected chi connectivity index (χ4v) is 3.36. The van der Waals surface area contributed by atoms with Crippen LogP contribution in [0.5, 0.6) is 0 Å². The van der Waals surface area contributed by atoms with Crippen LogP contribution in [0.3, 0.4) is 0 Å². The molecule has 4 heterocycles. The van der Waals surface area contributed by atoms with E-state index in [4.69, 9.17) is 4.74 Å². The van der Waals surface area contributed by atoms with Gasteiger partial charge in [0.15, 0.2) is 11.5 Å². The molecule has 0 spiro atoms. The van der Waals surface area contributed by atoms with Gasteiger partial charge in [-0.2, -0.15) is 9.78 Å². The molecule has 2 aliphatic heterocycles. The maximum absolute atomic E-state index is 12.7. The molecule has 0 aliphatic carbocycles. The van der Waals surface area contributed by atoms with E-state index in [0.29, 0.717) is 42.4 Å². The highest BCUT2D eigenvalue weighted by atomic mass is 16.5. The van der Waals surface area contributed by atoms with Crippen molar-refractivity contribution in [2.75, 3.05) is 26.3 Å². The Morgan fingerprint density at radius 1 is 1.28 bits per heavy atom. The van der Waals surface area contributed by atoms with E-state index in [0.717, 1.165) is 26.1 Å². The Morgan fingerprint density at radius 2 is 2.04 bits per heavy atom. The second-order valence-electron chi connectivity index (χ2n) is 6.74. The predicted octanol–water partition coefficient (Wildman–Crippen LogP) is -0.0978. The Morgan fingerprint density at radius 3 is 2.72 bits per heavy atom. The van der Waals surface area contributed by atoms with E-state index in [9.17, 15) is 4.79 Å². The summed E-state index contributed by atoms with van der Waals surface area (Å²) >= 11 is 0. The van der Waals surface area contributed by atoms with E-state index in [2.05, 4.69) is 20.7 Å². The molecular formula is C16H23N7O2. The molecule has 2 aliphatic rings. The molecule has 0 radical (unpaired) electrons. The van der Waals surface area contributed by atoms with Crippen molar-refractivity contribution >= 4 is 5.91 Å². The average molecular weight is 345 g/mol. The normalized spacial score (nSPS) is 19.2. The molecule has 9 heteroatoms. The molecule has 0 saturated carbocycles. The van der Waals surface area contributed by atoms with Crippen LogP contribution in [-0.2, 0) is 11.8 Å². The van der Waals surface area contributed by atoms with E-state index in [1.165, 1.54) is 0 Å². The summed E-state index contributed by atoms with van der Waals surface area (Å²) < 4.78 is 8.67. The number of likely N-dealkylation sites (tertiary alicyclic amines) is 1. The number of nitrogens with one attached hydrogen (secondary N) is 1. The van der Waals surface area contributed by atoms with Gasteiger partial charge in [-0.1, -0.05) is 5.21 Å². The molecule has 134 valence electrons. The molecule has 2 fully saturated rings. The fraction of sp³-hybridized carbons (Fsp3) is 0.625. The first kappa shape index (κ1) is 16.2. The lowest BCUT2D eigenvalue weighted by molar-refractivity contribution is 0.0436. The van der Waals surface area contributed by atoms with Gasteiger partial charge in [0.25, 0.3) is 5.91 Å². The summed E-state index contributed by atoms with van der Waals surface area (Å²) in [5.74, 6) is 0.596. The molecule has 1 N–H and O–H groups in total. The number of hydrogen-bond donors (Lipinski definition) is 1. The number of ether oxygens (including phenoxy) is 1. The number of amides is 1. The quantitative estimate of drug-likeness (QED) is 0.832. The van der Waals surface area contributed by atoms with E-state index in [-0.39, 0.29) is 5.91 Å². The standard InChI is InChI=1S/C16H23N7O2/c1-11-15(18-20-23(11)14-3-6-21(2)19-14)16(24)22-9-13(10-22)17-12-4-7-25-8-5-12/h3,6,12-13,17H,4-5,7-10H2,1-2H3. The minimum Gasteiger partial charge on any atom is -0.381 e. The minimum atomic E-state index is -0.0651. The molecule has 9 nitrogen and oxygen atoms in total. The first-order chi connectivity index (χ1) is 12.1. The molecule has 2 saturated heterocycles. The average Bonchev–Trinajstić information content (AvgIpc) is 3.16. The van der Waals surface area contributed by atoms with Crippen LogP contribution in [0.2, 0.25) is 0 Å². The van der Waals surface area contributed by atoms with E-state index >= 15 is 0 Å². The molecule has 0 atom stereocenters. The van der Waals surface area contributed by atoms with Crippen molar-refractivity contribution in [3.63, 3.8) is 0 Å². The van der Waals surface area contributed by atoms with Crippen LogP contribution in [0.25, 0.3) is 5.82 Å². The van der Waals surface area contributed by atoms with Gasteiger partial charge < -0.3 is 15.0 Å². The number of carbonyl (C=O) groups is 1. The summed E-state index contributed by atoms with van der Waals surface area (Å²) in [5, 5.41) is 16.1. The van der Waals surface area contributed by atoms with Crippen molar-refractivity contribution in [1.82, 2.24) is 35.0 Å². The maximum Gasteiger partial charge on any atom is 0.276 e. The Hall–Kier alpha value is -2.26. The topological polar surface area (TPSA) is 90.1 Å². The van der Waals surface area contributed by atoms with Crippen molar-refractivity contribution in [2.24, 2.45) is 7.05 Å². The third-order valence-corrected chi connectivity index (χ3v) is 4.88. The summed E-state index contributed by atoms with van der Waals surface area (Å²) in [4.78, 5) is 14.5. The summed E-state index contributed by atoms with van der Waals surface area (Å²) in [6.07, 6.45) is 3.92. The lowest BCUT2D eigenvalue weighted by Gasteiger charge is -2.41. The van der Waals surface area contributed by atoms with Crippen LogP contribution in [0.1, 0.15) is 29.0 Å². The molecule has 0 bridgehead atoms. The zero-order chi connectivity index (χ0) is 17.4. The van der Waals surface area contributed by atoms with E-state index < -0.39 is 0 Å². The van der Waals surface area contributed by atoms with Crippen LogP contribution < -0.4 is 5.32 Å². The SMILES string of the molecule is Cc1c(C(=O)N2CC(NC3CCOCC3)C2)nnn1-c1ccn(C)n1. The van der Waals surface area contributed by atoms with Crippen LogP contribution in [-0.4, -0.2) is 74.0 Å². The smallest absolute Gasteiger partial charge is 0.276 e. The fourth-order valence-electron chi connectivity index (χ4n) is 3.36. The molecule has 2 aromatic rings. The van der Waals surface area contributed by atoms with Crippen molar-refractivity contribution in [1.29, 1.82) is 0 Å². The highest BCUT2D eigenvalue weighted by Gasteiger charge is 2.35. The lowest BCUT2D eigenvalue weighted by Crippen LogP contribution is -2.62. The summed E-state index contributed by atoms with van der Waals surface area (Å²) in [7, 11) is 1.84. The van der Waals surface area contributed by atoms with Crippen LogP contribution >= 0.6 is 0 Å². The van der Waals surface area contributed by atoms with E-state index in [1.54, 1.807) is 9.36 Å². The summed E-state index contributed by atoms with van der Waals surface area (Å²) in [6, 6.07) is 2.70. The maximum atomic E-state index is 12.7. The lowest BCUT2D eigenvalue weighted by atomic mass is 10.0. The van der Waals surface area contributed by atoms with Gasteiger partial charge in [0, 0.05) is 57.7 Å². The minimum absolute atomic E-state index is 0.0651. The van der Waals surface area contributed by atoms with Crippen molar-refractivity contribution in [3.8, 4) is 5.82 Å². The third-order valence-electron chi connectivity index (χ3n) is 4.88. The molecule has 0 aromatic carbocycles. The highest BCUT2D eigenvalue weighted by molar-refractivity contribution is 5.94. The second-order valence-corrected chi connectivity index (χ2v) is 6.74. The van der Waals surface area contributed by atoms with Crippen molar-refractivity contribution in [2.45, 2.75) is 31.8 Å². The predicted molar refractivity (Wildman–Crippen MR) is 89.5 cm³/mol. The summed E-state index contributed by atoms with van der Waals surface area (Å²) in [6.45, 7) is 4.92. The number of aromatic nitrogens is 5. The molecule has 2 aromatic heterocycles. The first-order valence-electron chi connectivity index (χ1n) is 8.67. The molecule has 0 unspecified atom stereocenters. The number of hydrogen-bond acceptors (Lipinski definition) is 6. The number of rotatable bonds is 4. The monoisotopic (exact) mass is 345 g/mol. The zero-order valence-electron chi connectivity index (χ0n) is 14.6. The van der Waals surface area contributed by atoms with Gasteiger partial charge in [0.1, 0.15) is 0 Å². The van der Waals surface area contributed by atoms with E-state index in [1.807, 2.05) is 31.1 Å². The van der Waals surface area contributed by atoms with Crippen molar-refractivity contribution < 1.29 is 9.53 Å². The zero-order valence-corrected chi connectivity index (χ0v) is 14.6. The molecular weight excluding hydrogens is 322 g/mol. The highest BCUT2D eigenvalue weighted by Crippen LogP contribution is 2.18. The van der Waals surface area contributed by atoms with Gasteiger partial charge in [-0.15, -0.1) is 5.10 Å². The van der Waals surface area contributed by atoms with Gasteiger partial charge in [0.05, 0.1) is 5.69 Å². The number of carbonyl (C=O) groups excluding carboxylic acids is 1. The summed E-state index contributed by atoms with van der Waals surface area (Å²) in [5.41, 5.74) is 1.11. The molecule has 1 amide bonds. The van der Waals surface area contributed by atoms with Gasteiger partial charge in [-0.3, -0.25) is 9.48 Å².